The number of carbonyl (C=O) groups excluding carboxylic acids is 1. The minimum atomic E-state index is -1.77. The maximum atomic E-state index is 13.3. The van der Waals surface area contributed by atoms with Crippen LogP contribution in [0.3, 0.4) is 0 Å². The van der Waals surface area contributed by atoms with Crippen molar-refractivity contribution >= 4 is 11.8 Å². The van der Waals surface area contributed by atoms with Gasteiger partial charge in [-0.05, 0) is 63.7 Å². The zero-order valence-electron chi connectivity index (χ0n) is 15.6. The Balaban J connectivity index is 1.85. The van der Waals surface area contributed by atoms with Crippen molar-refractivity contribution in [3.8, 4) is 0 Å². The van der Waals surface area contributed by atoms with Gasteiger partial charge in [-0.25, -0.2) is 0 Å². The van der Waals surface area contributed by atoms with Crippen molar-refractivity contribution in [3.63, 3.8) is 0 Å². The molecule has 6 nitrogen and oxygen atoms in total. The van der Waals surface area contributed by atoms with Gasteiger partial charge >= 0.3 is 5.97 Å². The third-order valence-corrected chi connectivity index (χ3v) is 9.21. The first-order chi connectivity index (χ1) is 12.0. The minimum Gasteiger partial charge on any atom is -0.481 e. The highest BCUT2D eigenvalue weighted by atomic mass is 16.4. The summed E-state index contributed by atoms with van der Waals surface area (Å²) >= 11 is 0. The summed E-state index contributed by atoms with van der Waals surface area (Å²) in [6.07, 6.45) is 4.19. The fraction of sp³-hybridized carbons (Fsp3) is 0.900. The SMILES string of the molecule is C[C@@]1(C(=O)O)CCC[C@]2(C)[C@@H]1CC[C@@]13C[C@H](CC[C@]12O)[C@](O)(CO)C3=O. The van der Waals surface area contributed by atoms with E-state index in [9.17, 15) is 30.0 Å². The van der Waals surface area contributed by atoms with Crippen molar-refractivity contribution in [3.05, 3.63) is 0 Å². The van der Waals surface area contributed by atoms with Crippen LogP contribution in [0.4, 0.5) is 0 Å². The quantitative estimate of drug-likeness (QED) is 0.589. The third kappa shape index (κ3) is 1.70. The molecule has 0 saturated heterocycles. The van der Waals surface area contributed by atoms with Crippen LogP contribution in [0.25, 0.3) is 0 Å². The Morgan fingerprint density at radius 1 is 1.12 bits per heavy atom. The lowest BCUT2D eigenvalue weighted by Gasteiger charge is -2.66. The molecule has 7 atom stereocenters. The number of carbonyl (C=O) groups is 2. The number of Topliss-reactive ketones (excluding diaryl/α,β-unsaturated/α-hetero) is 1. The van der Waals surface area contributed by atoms with Gasteiger partial charge < -0.3 is 20.4 Å². The van der Waals surface area contributed by atoms with Gasteiger partial charge in [0.2, 0.25) is 0 Å². The van der Waals surface area contributed by atoms with E-state index in [4.69, 9.17) is 0 Å². The molecule has 0 aromatic heterocycles. The Labute approximate surface area is 153 Å². The first kappa shape index (κ1) is 18.4. The number of ketones is 1. The standard InChI is InChI=1S/C20H30O6/c1-16(15(23)24)6-3-7-17(2)13(16)5-8-18-10-12(4-9-20(17,18)26)19(25,11-21)14(18)22/h12-13,21,25-26H,3-11H2,1-2H3,(H,23,24)/t12-,13+,16+,17+,18-,19+,20+/m0/s1. The lowest BCUT2D eigenvalue weighted by Crippen LogP contribution is -2.70. The number of aliphatic hydroxyl groups excluding tert-OH is 1. The Kier molecular flexibility index (Phi) is 3.60. The Hall–Kier alpha value is -0.980. The molecular weight excluding hydrogens is 336 g/mol. The molecule has 4 aliphatic rings. The van der Waals surface area contributed by atoms with Crippen LogP contribution in [0.5, 0.6) is 0 Å². The molecule has 2 bridgehead atoms. The Morgan fingerprint density at radius 3 is 2.42 bits per heavy atom. The van der Waals surface area contributed by atoms with Gasteiger partial charge in [-0.15, -0.1) is 0 Å². The van der Waals surface area contributed by atoms with Gasteiger partial charge in [-0.2, -0.15) is 0 Å². The maximum Gasteiger partial charge on any atom is 0.309 e. The first-order valence-corrected chi connectivity index (χ1v) is 9.86. The molecule has 0 aliphatic heterocycles. The number of rotatable bonds is 2. The normalized spacial score (nSPS) is 56.0. The van der Waals surface area contributed by atoms with E-state index in [2.05, 4.69) is 0 Å². The number of hydrogen-bond donors (Lipinski definition) is 4. The van der Waals surface area contributed by atoms with E-state index in [1.54, 1.807) is 6.92 Å². The van der Waals surface area contributed by atoms with Gasteiger partial charge in [0, 0.05) is 5.41 Å². The number of aliphatic hydroxyl groups is 3. The van der Waals surface area contributed by atoms with Gasteiger partial charge in [-0.1, -0.05) is 13.3 Å². The highest BCUT2D eigenvalue weighted by Gasteiger charge is 2.78. The number of fused-ring (bicyclic) bond motifs is 3. The van der Waals surface area contributed by atoms with Gasteiger partial charge in [0.15, 0.2) is 5.78 Å². The van der Waals surface area contributed by atoms with E-state index < -0.39 is 45.8 Å². The molecule has 4 rings (SSSR count). The monoisotopic (exact) mass is 366 g/mol. The van der Waals surface area contributed by atoms with Crippen LogP contribution in [0, 0.1) is 28.1 Å². The second-order valence-corrected chi connectivity index (χ2v) is 9.88. The van der Waals surface area contributed by atoms with Crippen molar-refractivity contribution in [2.45, 2.75) is 76.4 Å². The maximum absolute atomic E-state index is 13.3. The van der Waals surface area contributed by atoms with Crippen molar-refractivity contribution in [1.82, 2.24) is 0 Å². The molecule has 0 unspecified atom stereocenters. The highest BCUT2D eigenvalue weighted by molar-refractivity contribution is 5.97. The topological polar surface area (TPSA) is 115 Å². The zero-order chi connectivity index (χ0) is 19.2. The molecular formula is C20H30O6. The van der Waals surface area contributed by atoms with E-state index in [-0.39, 0.29) is 11.8 Å². The second kappa shape index (κ2) is 5.09. The van der Waals surface area contributed by atoms with Crippen molar-refractivity contribution in [2.24, 2.45) is 28.1 Å². The van der Waals surface area contributed by atoms with Gasteiger partial charge in [-0.3, -0.25) is 9.59 Å². The van der Waals surface area contributed by atoms with E-state index in [1.807, 2.05) is 6.92 Å². The molecule has 0 heterocycles. The summed E-state index contributed by atoms with van der Waals surface area (Å²) in [5.41, 5.74) is -5.74. The first-order valence-electron chi connectivity index (χ1n) is 9.86. The van der Waals surface area contributed by atoms with Crippen LogP contribution in [-0.4, -0.2) is 50.0 Å². The van der Waals surface area contributed by atoms with Crippen molar-refractivity contribution in [2.75, 3.05) is 6.61 Å². The minimum absolute atomic E-state index is 0.205. The van der Waals surface area contributed by atoms with Crippen molar-refractivity contribution < 1.29 is 30.0 Å². The predicted octanol–water partition coefficient (Wildman–Crippen LogP) is 1.50. The average molecular weight is 366 g/mol. The summed E-state index contributed by atoms with van der Waals surface area (Å²) in [7, 11) is 0. The molecule has 6 heteroatoms. The summed E-state index contributed by atoms with van der Waals surface area (Å²) in [5.74, 6) is -1.77. The number of carboxylic acids is 1. The van der Waals surface area contributed by atoms with Crippen LogP contribution in [0.1, 0.15) is 65.2 Å². The summed E-state index contributed by atoms with van der Waals surface area (Å²) in [4.78, 5) is 25.4. The van der Waals surface area contributed by atoms with E-state index >= 15 is 0 Å². The smallest absolute Gasteiger partial charge is 0.309 e. The fourth-order valence-corrected chi connectivity index (χ4v) is 7.71. The molecule has 0 radical (unpaired) electrons. The van der Waals surface area contributed by atoms with Crippen molar-refractivity contribution in [1.29, 1.82) is 0 Å². The van der Waals surface area contributed by atoms with Gasteiger partial charge in [0.05, 0.1) is 23.0 Å². The molecule has 1 spiro atoms. The van der Waals surface area contributed by atoms with Crippen LogP contribution in [0.15, 0.2) is 0 Å². The number of carboxylic acid groups (broad SMARTS) is 1. The molecule has 26 heavy (non-hydrogen) atoms. The van der Waals surface area contributed by atoms with Gasteiger partial charge in [0.1, 0.15) is 5.60 Å². The summed E-state index contributed by atoms with van der Waals surface area (Å²) in [5, 5.41) is 42.5. The number of aliphatic carboxylic acids is 1. The van der Waals surface area contributed by atoms with Crippen LogP contribution in [0.2, 0.25) is 0 Å². The molecule has 0 aromatic carbocycles. The molecule has 4 fully saturated rings. The summed E-state index contributed by atoms with van der Waals surface area (Å²) in [6.45, 7) is 3.13. The molecule has 4 N–H and O–H groups in total. The average Bonchev–Trinajstić information content (AvgIpc) is 2.77. The highest BCUT2D eigenvalue weighted by Crippen LogP contribution is 2.73. The Morgan fingerprint density at radius 2 is 1.81 bits per heavy atom. The third-order valence-electron chi connectivity index (χ3n) is 9.21. The molecule has 0 aromatic rings. The fourth-order valence-electron chi connectivity index (χ4n) is 7.71. The molecule has 4 saturated carbocycles. The second-order valence-electron chi connectivity index (χ2n) is 9.88. The summed E-state index contributed by atoms with van der Waals surface area (Å²) < 4.78 is 0. The van der Waals surface area contributed by atoms with E-state index in [0.29, 0.717) is 51.4 Å². The lowest BCUT2D eigenvalue weighted by atomic mass is 9.38. The zero-order valence-corrected chi connectivity index (χ0v) is 15.6. The van der Waals surface area contributed by atoms with E-state index in [1.165, 1.54) is 0 Å². The Bertz CT molecular complexity index is 677. The molecule has 146 valence electrons. The van der Waals surface area contributed by atoms with Crippen LogP contribution >= 0.6 is 0 Å². The van der Waals surface area contributed by atoms with E-state index in [0.717, 1.165) is 0 Å². The largest absolute Gasteiger partial charge is 0.481 e. The summed E-state index contributed by atoms with van der Waals surface area (Å²) in [6, 6.07) is 0. The van der Waals surface area contributed by atoms with Gasteiger partial charge in [0.25, 0.3) is 0 Å². The molecule has 4 aliphatic carbocycles. The van der Waals surface area contributed by atoms with Crippen LogP contribution in [-0.2, 0) is 9.59 Å². The van der Waals surface area contributed by atoms with Crippen LogP contribution < -0.4 is 0 Å². The molecule has 0 amide bonds. The lowest BCUT2D eigenvalue weighted by molar-refractivity contribution is -0.255. The predicted molar refractivity (Wildman–Crippen MR) is 92.2 cm³/mol. The number of hydrogen-bond acceptors (Lipinski definition) is 5.